The van der Waals surface area contributed by atoms with Gasteiger partial charge in [0.2, 0.25) is 11.9 Å². The van der Waals surface area contributed by atoms with Crippen LogP contribution in [0, 0.1) is 12.8 Å². The van der Waals surface area contributed by atoms with Crippen LogP contribution in [0.5, 0.6) is 5.75 Å². The molecule has 0 unspecified atom stereocenters. The largest absolute Gasteiger partial charge is 0.497 e. The Balaban J connectivity index is 1.40. The topological polar surface area (TPSA) is 88.2 Å². The van der Waals surface area contributed by atoms with Crippen molar-refractivity contribution >= 4 is 23.4 Å². The monoisotopic (exact) mass is 411 g/mol. The molecule has 1 heterocycles. The predicted octanol–water partition coefficient (Wildman–Crippen LogP) is 4.43. The lowest BCUT2D eigenvalue weighted by Gasteiger charge is -2.21. The number of aromatic nitrogens is 2. The van der Waals surface area contributed by atoms with Crippen LogP contribution in [0.25, 0.3) is 0 Å². The van der Waals surface area contributed by atoms with Gasteiger partial charge >= 0.3 is 0 Å². The van der Waals surface area contributed by atoms with Gasteiger partial charge in [-0.25, -0.2) is 4.98 Å². The second-order valence-electron chi connectivity index (χ2n) is 7.89. The summed E-state index contributed by atoms with van der Waals surface area (Å²) in [5.74, 6) is 2.94. The lowest BCUT2D eigenvalue weighted by Crippen LogP contribution is -2.29. The first-order valence-corrected chi connectivity index (χ1v) is 10.9. The fraction of sp³-hybridized carbons (Fsp3) is 0.522. The summed E-state index contributed by atoms with van der Waals surface area (Å²) >= 11 is 0. The number of nitrogens with one attached hydrogen (secondary N) is 3. The van der Waals surface area contributed by atoms with Crippen LogP contribution in [0.2, 0.25) is 0 Å². The minimum Gasteiger partial charge on any atom is -0.497 e. The van der Waals surface area contributed by atoms with Gasteiger partial charge in [0, 0.05) is 37.0 Å². The van der Waals surface area contributed by atoms with Crippen LogP contribution in [0.15, 0.2) is 30.3 Å². The van der Waals surface area contributed by atoms with Crippen LogP contribution in [0.1, 0.15) is 50.6 Å². The van der Waals surface area contributed by atoms with Crippen molar-refractivity contribution in [2.24, 2.45) is 5.92 Å². The van der Waals surface area contributed by atoms with E-state index in [1.165, 1.54) is 32.1 Å². The number of aryl methyl sites for hydroxylation is 1. The van der Waals surface area contributed by atoms with Gasteiger partial charge in [0.15, 0.2) is 0 Å². The van der Waals surface area contributed by atoms with Gasteiger partial charge in [0.25, 0.3) is 0 Å². The zero-order chi connectivity index (χ0) is 21.2. The molecule has 3 N–H and O–H groups in total. The highest BCUT2D eigenvalue weighted by Gasteiger charge is 2.14. The van der Waals surface area contributed by atoms with Gasteiger partial charge < -0.3 is 20.7 Å². The first-order chi connectivity index (χ1) is 14.6. The number of hydrogen-bond donors (Lipinski definition) is 3. The molecule has 2 aromatic rings. The molecule has 0 spiro atoms. The van der Waals surface area contributed by atoms with Gasteiger partial charge in [-0.1, -0.05) is 32.1 Å². The van der Waals surface area contributed by atoms with Crippen molar-refractivity contribution < 1.29 is 9.53 Å². The molecule has 0 saturated heterocycles. The van der Waals surface area contributed by atoms with Crippen molar-refractivity contribution in [1.29, 1.82) is 0 Å². The minimum absolute atomic E-state index is 0.134. The van der Waals surface area contributed by atoms with E-state index in [0.29, 0.717) is 31.3 Å². The number of ether oxygens (including phenoxy) is 1. The van der Waals surface area contributed by atoms with E-state index in [2.05, 4.69) is 25.9 Å². The number of nitrogens with zero attached hydrogens (tertiary/aromatic N) is 2. The number of benzene rings is 1. The van der Waals surface area contributed by atoms with Crippen LogP contribution in [-0.4, -0.2) is 36.1 Å². The molecule has 162 valence electrons. The molecule has 1 amide bonds. The highest BCUT2D eigenvalue weighted by atomic mass is 16.5. The third-order valence-electron chi connectivity index (χ3n) is 5.45. The Kier molecular flexibility index (Phi) is 8.30. The number of methoxy groups -OCH3 is 1. The van der Waals surface area contributed by atoms with E-state index in [1.54, 1.807) is 7.11 Å². The summed E-state index contributed by atoms with van der Waals surface area (Å²) in [6.45, 7) is 3.07. The summed E-state index contributed by atoms with van der Waals surface area (Å²) in [4.78, 5) is 21.0. The Morgan fingerprint density at radius 1 is 1.10 bits per heavy atom. The Morgan fingerprint density at radius 3 is 2.60 bits per heavy atom. The SMILES string of the molecule is COc1ccc(Nc2cc(C)nc(NCCNC(=O)CCC3CCCCC3)n2)cc1. The molecule has 1 aromatic carbocycles. The Labute approximate surface area is 179 Å². The molecule has 0 aliphatic heterocycles. The van der Waals surface area contributed by atoms with E-state index in [9.17, 15) is 4.79 Å². The zero-order valence-electron chi connectivity index (χ0n) is 18.0. The van der Waals surface area contributed by atoms with Crippen molar-refractivity contribution in [3.63, 3.8) is 0 Å². The van der Waals surface area contributed by atoms with E-state index in [0.717, 1.165) is 29.5 Å². The molecule has 1 fully saturated rings. The number of anilines is 3. The van der Waals surface area contributed by atoms with E-state index in [1.807, 2.05) is 37.3 Å². The lowest BCUT2D eigenvalue weighted by molar-refractivity contribution is -0.121. The summed E-state index contributed by atoms with van der Waals surface area (Å²) in [5, 5.41) is 9.46. The average Bonchev–Trinajstić information content (AvgIpc) is 2.76. The second-order valence-corrected chi connectivity index (χ2v) is 7.89. The van der Waals surface area contributed by atoms with Crippen LogP contribution in [-0.2, 0) is 4.79 Å². The van der Waals surface area contributed by atoms with Crippen LogP contribution < -0.4 is 20.7 Å². The van der Waals surface area contributed by atoms with Gasteiger partial charge in [-0.2, -0.15) is 4.98 Å². The molecular formula is C23H33N5O2. The highest BCUT2D eigenvalue weighted by Crippen LogP contribution is 2.27. The zero-order valence-corrected chi connectivity index (χ0v) is 18.0. The van der Waals surface area contributed by atoms with Crippen molar-refractivity contribution in [1.82, 2.24) is 15.3 Å². The van der Waals surface area contributed by atoms with E-state index in [4.69, 9.17) is 4.74 Å². The normalized spacial score (nSPS) is 14.2. The highest BCUT2D eigenvalue weighted by molar-refractivity contribution is 5.75. The maximum Gasteiger partial charge on any atom is 0.224 e. The maximum absolute atomic E-state index is 12.1. The fourth-order valence-electron chi connectivity index (χ4n) is 3.81. The predicted molar refractivity (Wildman–Crippen MR) is 120 cm³/mol. The molecule has 7 nitrogen and oxygen atoms in total. The Morgan fingerprint density at radius 2 is 1.87 bits per heavy atom. The third-order valence-corrected chi connectivity index (χ3v) is 5.45. The van der Waals surface area contributed by atoms with Crippen molar-refractivity contribution in [2.75, 3.05) is 30.8 Å². The molecule has 0 atom stereocenters. The van der Waals surface area contributed by atoms with Gasteiger partial charge in [0.05, 0.1) is 7.11 Å². The molecule has 1 aliphatic carbocycles. The second kappa shape index (κ2) is 11.4. The molecule has 7 heteroatoms. The number of carbonyl (C=O) groups excluding carboxylic acids is 1. The molecule has 30 heavy (non-hydrogen) atoms. The summed E-state index contributed by atoms with van der Waals surface area (Å²) < 4.78 is 5.18. The lowest BCUT2D eigenvalue weighted by atomic mass is 9.86. The smallest absolute Gasteiger partial charge is 0.224 e. The summed E-state index contributed by atoms with van der Waals surface area (Å²) in [6.07, 6.45) is 8.21. The minimum atomic E-state index is 0.134. The average molecular weight is 412 g/mol. The van der Waals surface area contributed by atoms with Crippen LogP contribution in [0.4, 0.5) is 17.5 Å². The molecule has 1 aromatic heterocycles. The standard InChI is InChI=1S/C23H33N5O2/c1-17-16-21(27-19-9-11-20(30-2)12-10-19)28-23(26-17)25-15-14-24-22(29)13-8-18-6-4-3-5-7-18/h9-12,16,18H,3-8,13-15H2,1-2H3,(H,24,29)(H2,25,26,27,28). The van der Waals surface area contributed by atoms with Gasteiger partial charge in [-0.3, -0.25) is 4.79 Å². The van der Waals surface area contributed by atoms with Gasteiger partial charge in [0.1, 0.15) is 11.6 Å². The van der Waals surface area contributed by atoms with E-state index in [-0.39, 0.29) is 5.91 Å². The van der Waals surface area contributed by atoms with Crippen molar-refractivity contribution in [2.45, 2.75) is 51.9 Å². The summed E-state index contributed by atoms with van der Waals surface area (Å²) in [7, 11) is 1.65. The molecule has 0 radical (unpaired) electrons. The summed E-state index contributed by atoms with van der Waals surface area (Å²) in [6, 6.07) is 9.56. The van der Waals surface area contributed by atoms with Crippen molar-refractivity contribution in [3.05, 3.63) is 36.0 Å². The maximum atomic E-state index is 12.1. The first-order valence-electron chi connectivity index (χ1n) is 10.9. The quantitative estimate of drug-likeness (QED) is 0.502. The molecule has 1 aliphatic rings. The third kappa shape index (κ3) is 7.21. The van der Waals surface area contributed by atoms with E-state index < -0.39 is 0 Å². The van der Waals surface area contributed by atoms with Crippen LogP contribution >= 0.6 is 0 Å². The number of amides is 1. The van der Waals surface area contributed by atoms with Gasteiger partial charge in [-0.05, 0) is 43.5 Å². The molecule has 3 rings (SSSR count). The first kappa shape index (κ1) is 21.9. The van der Waals surface area contributed by atoms with Gasteiger partial charge in [-0.15, -0.1) is 0 Å². The Hall–Kier alpha value is -2.83. The number of carbonyl (C=O) groups is 1. The van der Waals surface area contributed by atoms with E-state index >= 15 is 0 Å². The molecule has 0 bridgehead atoms. The summed E-state index contributed by atoms with van der Waals surface area (Å²) in [5.41, 5.74) is 1.78. The molecule has 1 saturated carbocycles. The van der Waals surface area contributed by atoms with Crippen LogP contribution in [0.3, 0.4) is 0 Å². The molecular weight excluding hydrogens is 378 g/mol. The van der Waals surface area contributed by atoms with Crippen molar-refractivity contribution in [3.8, 4) is 5.75 Å². The fourth-order valence-corrected chi connectivity index (χ4v) is 3.81. The number of hydrogen-bond acceptors (Lipinski definition) is 6. The Bertz CT molecular complexity index is 804. The number of rotatable bonds is 10.